The highest BCUT2D eigenvalue weighted by molar-refractivity contribution is 9.13. The zero-order valence-electron chi connectivity index (χ0n) is 8.68. The fourth-order valence-corrected chi connectivity index (χ4v) is 3.71. The second-order valence-electron chi connectivity index (χ2n) is 3.54. The van der Waals surface area contributed by atoms with E-state index in [-0.39, 0.29) is 10.6 Å². The van der Waals surface area contributed by atoms with Crippen molar-refractivity contribution < 1.29 is 8.78 Å². The summed E-state index contributed by atoms with van der Waals surface area (Å²) in [6, 6.07) is 3.00. The van der Waals surface area contributed by atoms with Crippen LogP contribution >= 0.6 is 54.8 Å². The maximum atomic E-state index is 13.7. The molecule has 18 heavy (non-hydrogen) atoms. The number of rotatable bonds is 2. The molecular formula is C11H6Br2ClF2NS. The molecule has 1 atom stereocenters. The topological polar surface area (TPSA) is 26.0 Å². The van der Waals surface area contributed by atoms with Crippen LogP contribution < -0.4 is 5.73 Å². The summed E-state index contributed by atoms with van der Waals surface area (Å²) < 4.78 is 28.8. The molecule has 2 rings (SSSR count). The molecule has 1 aromatic carbocycles. The first-order valence-electron chi connectivity index (χ1n) is 4.75. The van der Waals surface area contributed by atoms with Crippen molar-refractivity contribution in [2.45, 2.75) is 6.04 Å². The Morgan fingerprint density at radius 1 is 1.17 bits per heavy atom. The first-order valence-corrected chi connectivity index (χ1v) is 7.53. The highest BCUT2D eigenvalue weighted by Crippen LogP contribution is 2.37. The van der Waals surface area contributed by atoms with Crippen molar-refractivity contribution in [1.29, 1.82) is 0 Å². The standard InChI is InChI=1S/C11H6Br2ClF2NS/c12-5-2-9(18-11(5)13)10(17)4-1-8(16)6(14)3-7(4)15/h1-3,10H,17H2. The molecule has 2 N–H and O–H groups in total. The summed E-state index contributed by atoms with van der Waals surface area (Å²) in [5.74, 6) is -1.30. The Kier molecular flexibility index (Phi) is 4.44. The van der Waals surface area contributed by atoms with Crippen LogP contribution in [0, 0.1) is 11.6 Å². The first kappa shape index (κ1) is 14.4. The van der Waals surface area contributed by atoms with E-state index in [4.69, 9.17) is 17.3 Å². The van der Waals surface area contributed by atoms with E-state index in [0.717, 1.165) is 25.3 Å². The van der Waals surface area contributed by atoms with Crippen LogP contribution in [0.4, 0.5) is 8.78 Å². The van der Waals surface area contributed by atoms with Crippen LogP contribution in [-0.2, 0) is 0 Å². The van der Waals surface area contributed by atoms with Gasteiger partial charge in [-0.2, -0.15) is 0 Å². The third-order valence-corrected chi connectivity index (χ3v) is 5.97. The maximum absolute atomic E-state index is 13.7. The fourth-order valence-electron chi connectivity index (χ4n) is 1.45. The molecule has 1 heterocycles. The van der Waals surface area contributed by atoms with Crippen LogP contribution in [-0.4, -0.2) is 0 Å². The lowest BCUT2D eigenvalue weighted by molar-refractivity contribution is 0.578. The smallest absolute Gasteiger partial charge is 0.142 e. The summed E-state index contributed by atoms with van der Waals surface area (Å²) in [4.78, 5) is 0.717. The van der Waals surface area contributed by atoms with Crippen molar-refractivity contribution in [2.24, 2.45) is 5.73 Å². The van der Waals surface area contributed by atoms with Crippen molar-refractivity contribution >= 4 is 54.8 Å². The Morgan fingerprint density at radius 3 is 2.39 bits per heavy atom. The van der Waals surface area contributed by atoms with Gasteiger partial charge in [-0.1, -0.05) is 11.6 Å². The molecule has 1 aromatic heterocycles. The molecule has 0 radical (unpaired) electrons. The van der Waals surface area contributed by atoms with E-state index in [0.29, 0.717) is 0 Å². The van der Waals surface area contributed by atoms with E-state index in [2.05, 4.69) is 31.9 Å². The maximum Gasteiger partial charge on any atom is 0.142 e. The second kappa shape index (κ2) is 5.54. The highest BCUT2D eigenvalue weighted by atomic mass is 79.9. The van der Waals surface area contributed by atoms with Gasteiger partial charge >= 0.3 is 0 Å². The predicted molar refractivity (Wildman–Crippen MR) is 77.1 cm³/mol. The monoisotopic (exact) mass is 415 g/mol. The van der Waals surface area contributed by atoms with Crippen LogP contribution in [0.2, 0.25) is 5.02 Å². The zero-order valence-corrected chi connectivity index (χ0v) is 13.4. The van der Waals surface area contributed by atoms with Crippen LogP contribution in [0.3, 0.4) is 0 Å². The zero-order chi connectivity index (χ0) is 13.4. The lowest BCUT2D eigenvalue weighted by atomic mass is 10.1. The van der Waals surface area contributed by atoms with E-state index in [9.17, 15) is 8.78 Å². The minimum absolute atomic E-state index is 0.0816. The van der Waals surface area contributed by atoms with E-state index in [1.807, 2.05) is 0 Å². The lowest BCUT2D eigenvalue weighted by Crippen LogP contribution is -2.12. The summed E-state index contributed by atoms with van der Waals surface area (Å²) in [5, 5.41) is -0.253. The molecule has 96 valence electrons. The van der Waals surface area contributed by atoms with Crippen molar-refractivity contribution in [3.8, 4) is 0 Å². The van der Waals surface area contributed by atoms with E-state index in [1.54, 1.807) is 6.07 Å². The minimum atomic E-state index is -0.732. The normalized spacial score (nSPS) is 12.8. The molecule has 0 aliphatic rings. The largest absolute Gasteiger partial charge is 0.320 e. The number of hydrogen-bond acceptors (Lipinski definition) is 2. The average molecular weight is 418 g/mol. The molecule has 1 unspecified atom stereocenters. The summed E-state index contributed by atoms with van der Waals surface area (Å²) in [5.41, 5.74) is 6.02. The van der Waals surface area contributed by atoms with E-state index >= 15 is 0 Å². The van der Waals surface area contributed by atoms with E-state index in [1.165, 1.54) is 11.3 Å². The van der Waals surface area contributed by atoms with Crippen molar-refractivity contribution in [1.82, 2.24) is 0 Å². The quantitative estimate of drug-likeness (QED) is 0.664. The van der Waals surface area contributed by atoms with E-state index < -0.39 is 17.7 Å². The van der Waals surface area contributed by atoms with Gasteiger partial charge in [0.1, 0.15) is 11.6 Å². The third kappa shape index (κ3) is 2.77. The molecule has 0 saturated carbocycles. The number of thiophene rings is 1. The number of halogens is 5. The van der Waals surface area contributed by atoms with Gasteiger partial charge in [0.2, 0.25) is 0 Å². The summed E-state index contributed by atoms with van der Waals surface area (Å²) >= 11 is 13.5. The van der Waals surface area contributed by atoms with Gasteiger partial charge in [-0.3, -0.25) is 0 Å². The van der Waals surface area contributed by atoms with Crippen LogP contribution in [0.15, 0.2) is 26.5 Å². The predicted octanol–water partition coefficient (Wildman–Crippen LogP) is 5.25. The molecule has 0 fully saturated rings. The van der Waals surface area contributed by atoms with Gasteiger partial charge in [-0.25, -0.2) is 8.78 Å². The Balaban J connectivity index is 2.45. The Morgan fingerprint density at radius 2 is 1.83 bits per heavy atom. The molecule has 0 aliphatic heterocycles. The molecule has 0 spiro atoms. The molecule has 1 nitrogen and oxygen atoms in total. The molecule has 0 amide bonds. The van der Waals surface area contributed by atoms with Crippen LogP contribution in [0.1, 0.15) is 16.5 Å². The summed E-state index contributed by atoms with van der Waals surface area (Å²) in [7, 11) is 0. The van der Waals surface area contributed by atoms with Gasteiger partial charge in [-0.05, 0) is 50.1 Å². The summed E-state index contributed by atoms with van der Waals surface area (Å²) in [6.45, 7) is 0. The molecule has 0 bridgehead atoms. The Hall–Kier alpha value is -0.0100. The average Bonchev–Trinajstić information content (AvgIpc) is 2.63. The number of benzene rings is 1. The SMILES string of the molecule is NC(c1cc(Br)c(Br)s1)c1cc(F)c(Cl)cc1F. The number of nitrogens with two attached hydrogens (primary N) is 1. The lowest BCUT2D eigenvalue weighted by Gasteiger charge is -2.11. The van der Waals surface area contributed by atoms with Crippen molar-refractivity contribution in [3.63, 3.8) is 0 Å². The Labute approximate surface area is 128 Å². The van der Waals surface area contributed by atoms with Crippen molar-refractivity contribution in [3.05, 3.63) is 53.6 Å². The second-order valence-corrected chi connectivity index (χ2v) is 7.20. The van der Waals surface area contributed by atoms with Crippen LogP contribution in [0.25, 0.3) is 0 Å². The molecule has 0 aliphatic carbocycles. The third-order valence-electron chi connectivity index (χ3n) is 2.35. The van der Waals surface area contributed by atoms with Gasteiger partial charge < -0.3 is 5.73 Å². The molecule has 7 heteroatoms. The van der Waals surface area contributed by atoms with Crippen molar-refractivity contribution in [2.75, 3.05) is 0 Å². The molecule has 0 saturated heterocycles. The number of hydrogen-bond donors (Lipinski definition) is 1. The van der Waals surface area contributed by atoms with Gasteiger partial charge in [-0.15, -0.1) is 11.3 Å². The fraction of sp³-hybridized carbons (Fsp3) is 0.0909. The van der Waals surface area contributed by atoms with Gasteiger partial charge in [0.15, 0.2) is 0 Å². The van der Waals surface area contributed by atoms with Gasteiger partial charge in [0.25, 0.3) is 0 Å². The highest BCUT2D eigenvalue weighted by Gasteiger charge is 2.19. The summed E-state index contributed by atoms with van der Waals surface area (Å²) in [6.07, 6.45) is 0. The molecular weight excluding hydrogens is 411 g/mol. The Bertz CT molecular complexity index is 583. The first-order chi connectivity index (χ1) is 8.40. The minimum Gasteiger partial charge on any atom is -0.320 e. The molecule has 2 aromatic rings. The van der Waals surface area contributed by atoms with Crippen LogP contribution in [0.5, 0.6) is 0 Å². The van der Waals surface area contributed by atoms with Gasteiger partial charge in [0, 0.05) is 14.9 Å². The van der Waals surface area contributed by atoms with Gasteiger partial charge in [0.05, 0.1) is 14.9 Å².